The van der Waals surface area contributed by atoms with E-state index in [4.69, 9.17) is 0 Å². The molecule has 0 fully saturated rings. The molecule has 0 aliphatic carbocycles. The van der Waals surface area contributed by atoms with Crippen LogP contribution in [-0.4, -0.2) is 21.9 Å². The summed E-state index contributed by atoms with van der Waals surface area (Å²) in [6.07, 6.45) is 6.86. The van der Waals surface area contributed by atoms with Gasteiger partial charge in [-0.2, -0.15) is 0 Å². The van der Waals surface area contributed by atoms with E-state index in [1.54, 1.807) is 30.6 Å². The van der Waals surface area contributed by atoms with E-state index >= 15 is 0 Å². The van der Waals surface area contributed by atoms with Crippen LogP contribution in [0.5, 0.6) is 0 Å². The average molecular weight is 436 g/mol. The first-order valence-electron chi connectivity index (χ1n) is 10.3. The predicted octanol–water partition coefficient (Wildman–Crippen LogP) is 5.29. The van der Waals surface area contributed by atoms with E-state index < -0.39 is 0 Å². The number of aromatic amines is 1. The molecule has 1 aliphatic rings. The number of hydrogen-bond donors (Lipinski definition) is 5. The zero-order chi connectivity index (χ0) is 22.6. The number of rotatable bonds is 5. The van der Waals surface area contributed by atoms with Gasteiger partial charge in [0.05, 0.1) is 23.1 Å². The monoisotopic (exact) mass is 436 g/mol. The quantitative estimate of drug-likeness (QED) is 0.274. The number of anilines is 5. The van der Waals surface area contributed by atoms with Crippen molar-refractivity contribution in [2.75, 3.05) is 21.3 Å². The number of benzene rings is 2. The number of carbonyl (C=O) groups excluding carboxylic acids is 2. The lowest BCUT2D eigenvalue weighted by molar-refractivity contribution is -0.110. The van der Waals surface area contributed by atoms with E-state index in [2.05, 4.69) is 31.2 Å². The number of nitrogens with one attached hydrogen (secondary N) is 5. The second kappa shape index (κ2) is 8.72. The number of pyridine rings is 1. The van der Waals surface area contributed by atoms with Gasteiger partial charge in [-0.15, -0.1) is 0 Å². The Labute approximate surface area is 189 Å². The van der Waals surface area contributed by atoms with Crippen LogP contribution in [0.25, 0.3) is 11.6 Å². The number of fused-ring (bicyclic) bond motifs is 1. The smallest absolute Gasteiger partial charge is 0.323 e. The highest BCUT2D eigenvalue weighted by atomic mass is 16.2. The summed E-state index contributed by atoms with van der Waals surface area (Å²) < 4.78 is 0. The van der Waals surface area contributed by atoms with Crippen LogP contribution in [-0.2, 0) is 4.79 Å². The van der Waals surface area contributed by atoms with Crippen LogP contribution in [0.1, 0.15) is 11.3 Å². The van der Waals surface area contributed by atoms with Gasteiger partial charge in [-0.3, -0.25) is 9.78 Å². The largest absolute Gasteiger partial charge is 0.362 e. The van der Waals surface area contributed by atoms with Crippen LogP contribution in [0.3, 0.4) is 0 Å². The van der Waals surface area contributed by atoms with Crippen molar-refractivity contribution in [3.05, 3.63) is 96.6 Å². The number of carbonyl (C=O) groups is 2. The summed E-state index contributed by atoms with van der Waals surface area (Å²) in [6, 6.07) is 20.0. The summed E-state index contributed by atoms with van der Waals surface area (Å²) >= 11 is 0. The molecule has 3 amide bonds. The fourth-order valence-corrected chi connectivity index (χ4v) is 3.58. The van der Waals surface area contributed by atoms with E-state index in [0.29, 0.717) is 16.9 Å². The molecule has 1 aliphatic heterocycles. The molecule has 0 saturated carbocycles. The van der Waals surface area contributed by atoms with Crippen molar-refractivity contribution >= 4 is 52.0 Å². The van der Waals surface area contributed by atoms with Crippen molar-refractivity contribution in [3.8, 4) is 0 Å². The topological polar surface area (TPSA) is 111 Å². The van der Waals surface area contributed by atoms with E-state index in [-0.39, 0.29) is 11.9 Å². The van der Waals surface area contributed by atoms with Crippen molar-refractivity contribution < 1.29 is 9.59 Å². The van der Waals surface area contributed by atoms with Crippen molar-refractivity contribution in [1.82, 2.24) is 9.97 Å². The Morgan fingerprint density at radius 1 is 0.879 bits per heavy atom. The molecule has 0 saturated heterocycles. The maximum Gasteiger partial charge on any atom is 0.323 e. The summed E-state index contributed by atoms with van der Waals surface area (Å²) in [5.74, 6) is -0.137. The van der Waals surface area contributed by atoms with Crippen LogP contribution < -0.4 is 21.3 Å². The third kappa shape index (κ3) is 4.59. The highest BCUT2D eigenvalue weighted by molar-refractivity contribution is 6.35. The van der Waals surface area contributed by atoms with E-state index in [1.807, 2.05) is 60.8 Å². The highest BCUT2D eigenvalue weighted by Gasteiger charge is 2.24. The molecular weight excluding hydrogens is 416 g/mol. The van der Waals surface area contributed by atoms with Crippen molar-refractivity contribution in [2.24, 2.45) is 0 Å². The maximum absolute atomic E-state index is 12.4. The second-order valence-electron chi connectivity index (χ2n) is 7.42. The molecule has 0 spiro atoms. The second-order valence-corrected chi connectivity index (χ2v) is 7.42. The molecule has 8 nitrogen and oxygen atoms in total. The molecular formula is C25H20N6O2. The molecule has 8 heteroatoms. The Kier molecular flexibility index (Phi) is 5.30. The number of hydrogen-bond acceptors (Lipinski definition) is 4. The number of urea groups is 1. The summed E-state index contributed by atoms with van der Waals surface area (Å²) in [6.45, 7) is 0. The number of nitrogens with zero attached hydrogens (tertiary/aromatic N) is 1. The third-order valence-corrected chi connectivity index (χ3v) is 5.05. The fraction of sp³-hybridized carbons (Fsp3) is 0. The zero-order valence-corrected chi connectivity index (χ0v) is 17.4. The average Bonchev–Trinajstić information content (AvgIpc) is 3.42. The van der Waals surface area contributed by atoms with Crippen LogP contribution in [0.15, 0.2) is 85.3 Å². The van der Waals surface area contributed by atoms with Gasteiger partial charge in [0.25, 0.3) is 5.91 Å². The molecule has 5 rings (SSSR count). The first-order valence-corrected chi connectivity index (χ1v) is 10.3. The Morgan fingerprint density at radius 3 is 2.52 bits per heavy atom. The first-order chi connectivity index (χ1) is 16.1. The standard InChI is InChI=1S/C25H20N6O2/c32-24-22(13-16-6-3-11-27-16)21-9-8-19(14-23(21)31-24)28-17-4-1-5-18(12-17)29-25(33)30-20-7-2-10-26-15-20/h1-15,27-28H,(H,31,32)(H2,29,30,33)/b22-13-. The van der Waals surface area contributed by atoms with Crippen molar-refractivity contribution in [3.63, 3.8) is 0 Å². The summed E-state index contributed by atoms with van der Waals surface area (Å²) in [7, 11) is 0. The van der Waals surface area contributed by atoms with Gasteiger partial charge in [0.1, 0.15) is 0 Å². The maximum atomic E-state index is 12.4. The first kappa shape index (κ1) is 20.1. The predicted molar refractivity (Wildman–Crippen MR) is 130 cm³/mol. The molecule has 0 unspecified atom stereocenters. The van der Waals surface area contributed by atoms with E-state index in [0.717, 1.165) is 28.3 Å². The molecule has 2 aromatic heterocycles. The Morgan fingerprint density at radius 2 is 1.70 bits per heavy atom. The summed E-state index contributed by atoms with van der Waals surface area (Å²) in [5.41, 5.74) is 5.92. The summed E-state index contributed by atoms with van der Waals surface area (Å²) in [4.78, 5) is 31.7. The van der Waals surface area contributed by atoms with E-state index in [1.165, 1.54) is 0 Å². The van der Waals surface area contributed by atoms with Crippen LogP contribution >= 0.6 is 0 Å². The molecule has 4 aromatic rings. The van der Waals surface area contributed by atoms with Gasteiger partial charge >= 0.3 is 6.03 Å². The van der Waals surface area contributed by atoms with Gasteiger partial charge in [0, 0.05) is 40.7 Å². The Bertz CT molecular complexity index is 1350. The van der Waals surface area contributed by atoms with Crippen molar-refractivity contribution in [1.29, 1.82) is 0 Å². The SMILES string of the molecule is O=C(Nc1cccnc1)Nc1cccc(Nc2ccc3c(c2)NC(=O)/C3=C\c2ccc[nH]2)c1. The normalized spacial score (nSPS) is 13.3. The van der Waals surface area contributed by atoms with Gasteiger partial charge < -0.3 is 26.3 Å². The molecule has 33 heavy (non-hydrogen) atoms. The van der Waals surface area contributed by atoms with Gasteiger partial charge in [0.15, 0.2) is 0 Å². The molecule has 2 aromatic carbocycles. The number of amides is 3. The van der Waals surface area contributed by atoms with Gasteiger partial charge in [-0.25, -0.2) is 4.79 Å². The minimum absolute atomic E-state index is 0.137. The molecule has 162 valence electrons. The van der Waals surface area contributed by atoms with Gasteiger partial charge in [-0.05, 0) is 60.7 Å². The third-order valence-electron chi connectivity index (χ3n) is 5.05. The zero-order valence-electron chi connectivity index (χ0n) is 17.4. The fourth-order valence-electron chi connectivity index (χ4n) is 3.58. The molecule has 5 N–H and O–H groups in total. The molecule has 0 bridgehead atoms. The number of H-pyrrole nitrogens is 1. The lowest BCUT2D eigenvalue weighted by Gasteiger charge is -2.11. The van der Waals surface area contributed by atoms with Crippen LogP contribution in [0.2, 0.25) is 0 Å². The van der Waals surface area contributed by atoms with Gasteiger partial charge in [-0.1, -0.05) is 12.1 Å². The lowest BCUT2D eigenvalue weighted by Crippen LogP contribution is -2.19. The minimum atomic E-state index is -0.359. The Hall–Kier alpha value is -4.85. The minimum Gasteiger partial charge on any atom is -0.362 e. The van der Waals surface area contributed by atoms with Crippen LogP contribution in [0, 0.1) is 0 Å². The molecule has 0 atom stereocenters. The summed E-state index contributed by atoms with van der Waals surface area (Å²) in [5, 5.41) is 11.8. The van der Waals surface area contributed by atoms with E-state index in [9.17, 15) is 9.59 Å². The van der Waals surface area contributed by atoms with Crippen molar-refractivity contribution in [2.45, 2.75) is 0 Å². The van der Waals surface area contributed by atoms with Gasteiger partial charge in [0.2, 0.25) is 0 Å². The number of aromatic nitrogens is 2. The lowest BCUT2D eigenvalue weighted by atomic mass is 10.1. The Balaban J connectivity index is 1.29. The highest BCUT2D eigenvalue weighted by Crippen LogP contribution is 2.35. The molecule has 3 heterocycles. The van der Waals surface area contributed by atoms with Crippen LogP contribution in [0.4, 0.5) is 33.2 Å². The molecule has 0 radical (unpaired) electrons.